The number of nitrogens with one attached hydrogen (secondary N) is 1. The Morgan fingerprint density at radius 1 is 1.48 bits per heavy atom. The van der Waals surface area contributed by atoms with E-state index in [2.05, 4.69) is 21.2 Å². The maximum atomic E-state index is 12.1. The fourth-order valence-corrected chi connectivity index (χ4v) is 3.08. The first kappa shape index (κ1) is 15.5. The van der Waals surface area contributed by atoms with Crippen LogP contribution in [0.1, 0.15) is 15.2 Å². The van der Waals surface area contributed by atoms with Gasteiger partial charge in [0.25, 0.3) is 11.6 Å². The Bertz CT molecular complexity index is 687. The van der Waals surface area contributed by atoms with Crippen molar-refractivity contribution in [2.24, 2.45) is 0 Å². The van der Waals surface area contributed by atoms with E-state index in [9.17, 15) is 14.9 Å². The molecule has 6 nitrogen and oxygen atoms in total. The van der Waals surface area contributed by atoms with E-state index in [1.807, 2.05) is 11.4 Å². The van der Waals surface area contributed by atoms with Gasteiger partial charge in [-0.1, -0.05) is 0 Å². The number of hydrogen-bond acceptors (Lipinski definition) is 5. The number of ether oxygens (including phenoxy) is 1. The average Bonchev–Trinajstić information content (AvgIpc) is 2.89. The number of nitro groups is 1. The molecule has 0 aliphatic rings. The molecule has 0 fully saturated rings. The third-order valence-electron chi connectivity index (χ3n) is 2.69. The van der Waals surface area contributed by atoms with E-state index in [1.165, 1.54) is 36.6 Å². The molecular formula is C13H11BrN2O4S. The molecule has 2 rings (SSSR count). The Morgan fingerprint density at radius 3 is 2.81 bits per heavy atom. The Balaban J connectivity index is 2.13. The SMILES string of the molecule is COc1cc([N+](=O)[O-])ccc1C(=O)NCc1cc(Br)cs1. The van der Waals surface area contributed by atoms with Crippen molar-refractivity contribution in [3.63, 3.8) is 0 Å². The first-order valence-corrected chi connectivity index (χ1v) is 7.52. The van der Waals surface area contributed by atoms with E-state index in [0.717, 1.165) is 9.35 Å². The number of carbonyl (C=O) groups excluding carboxylic acids is 1. The topological polar surface area (TPSA) is 81.5 Å². The van der Waals surface area contributed by atoms with Gasteiger partial charge in [0.15, 0.2) is 0 Å². The zero-order chi connectivity index (χ0) is 15.4. The minimum atomic E-state index is -0.534. The second kappa shape index (κ2) is 6.68. The van der Waals surface area contributed by atoms with Crippen LogP contribution >= 0.6 is 27.3 Å². The molecule has 0 bridgehead atoms. The van der Waals surface area contributed by atoms with Gasteiger partial charge in [-0.15, -0.1) is 11.3 Å². The lowest BCUT2D eigenvalue weighted by atomic mass is 10.1. The van der Waals surface area contributed by atoms with Crippen LogP contribution in [-0.2, 0) is 6.54 Å². The second-order valence-corrected chi connectivity index (χ2v) is 5.97. The second-order valence-electron chi connectivity index (χ2n) is 4.06. The van der Waals surface area contributed by atoms with Gasteiger partial charge in [0.2, 0.25) is 0 Å². The highest BCUT2D eigenvalue weighted by Crippen LogP contribution is 2.25. The Morgan fingerprint density at radius 2 is 2.24 bits per heavy atom. The summed E-state index contributed by atoms with van der Waals surface area (Å²) in [6.45, 7) is 0.384. The number of methoxy groups -OCH3 is 1. The maximum Gasteiger partial charge on any atom is 0.273 e. The maximum absolute atomic E-state index is 12.1. The predicted octanol–water partition coefficient (Wildman–Crippen LogP) is 3.36. The van der Waals surface area contributed by atoms with Crippen LogP contribution in [0.15, 0.2) is 34.1 Å². The zero-order valence-electron chi connectivity index (χ0n) is 11.0. The molecule has 21 heavy (non-hydrogen) atoms. The molecule has 1 aromatic carbocycles. The lowest BCUT2D eigenvalue weighted by Gasteiger charge is -2.08. The number of hydrogen-bond donors (Lipinski definition) is 1. The van der Waals surface area contributed by atoms with Gasteiger partial charge >= 0.3 is 0 Å². The number of nitro benzene ring substituents is 1. The lowest BCUT2D eigenvalue weighted by Crippen LogP contribution is -2.22. The first-order chi connectivity index (χ1) is 10.0. The number of non-ortho nitro benzene ring substituents is 1. The van der Waals surface area contributed by atoms with Crippen molar-refractivity contribution < 1.29 is 14.5 Å². The summed E-state index contributed by atoms with van der Waals surface area (Å²) in [6.07, 6.45) is 0. The number of benzene rings is 1. The molecular weight excluding hydrogens is 360 g/mol. The number of carbonyl (C=O) groups is 1. The highest BCUT2D eigenvalue weighted by atomic mass is 79.9. The van der Waals surface area contributed by atoms with E-state index in [1.54, 1.807) is 0 Å². The average molecular weight is 371 g/mol. The van der Waals surface area contributed by atoms with E-state index >= 15 is 0 Å². The third kappa shape index (κ3) is 3.79. The van der Waals surface area contributed by atoms with Gasteiger partial charge < -0.3 is 10.1 Å². The van der Waals surface area contributed by atoms with Crippen LogP contribution in [0.2, 0.25) is 0 Å². The molecule has 0 saturated carbocycles. The number of amides is 1. The smallest absolute Gasteiger partial charge is 0.273 e. The third-order valence-corrected chi connectivity index (χ3v) is 4.38. The van der Waals surface area contributed by atoms with E-state index in [0.29, 0.717) is 6.54 Å². The Hall–Kier alpha value is -1.93. The molecule has 0 unspecified atom stereocenters. The Labute approximate surface area is 133 Å². The predicted molar refractivity (Wildman–Crippen MR) is 82.8 cm³/mol. The van der Waals surface area contributed by atoms with Crippen LogP contribution < -0.4 is 10.1 Å². The first-order valence-electron chi connectivity index (χ1n) is 5.85. The molecule has 1 N–H and O–H groups in total. The van der Waals surface area contributed by atoms with Crippen LogP contribution in [-0.4, -0.2) is 17.9 Å². The standard InChI is InChI=1S/C13H11BrN2O4S/c1-20-12-5-9(16(18)19)2-3-11(12)13(17)15-6-10-4-8(14)7-21-10/h2-5,7H,6H2,1H3,(H,15,17). The van der Waals surface area contributed by atoms with Gasteiger partial charge in [-0.05, 0) is 28.1 Å². The summed E-state index contributed by atoms with van der Waals surface area (Å²) < 4.78 is 6.01. The Kier molecular flexibility index (Phi) is 4.92. The molecule has 1 amide bonds. The van der Waals surface area contributed by atoms with Crippen molar-refractivity contribution in [1.82, 2.24) is 5.32 Å². The van der Waals surface area contributed by atoms with Gasteiger partial charge in [-0.2, -0.15) is 0 Å². The quantitative estimate of drug-likeness (QED) is 0.646. The summed E-state index contributed by atoms with van der Waals surface area (Å²) in [7, 11) is 1.37. The van der Waals surface area contributed by atoms with Crippen LogP contribution in [0.4, 0.5) is 5.69 Å². The minimum Gasteiger partial charge on any atom is -0.496 e. The fourth-order valence-electron chi connectivity index (χ4n) is 1.69. The van der Waals surface area contributed by atoms with Crippen LogP contribution in [0, 0.1) is 10.1 Å². The number of thiophene rings is 1. The summed E-state index contributed by atoms with van der Waals surface area (Å²) in [5.41, 5.74) is 0.143. The van der Waals surface area contributed by atoms with Gasteiger partial charge in [0, 0.05) is 20.8 Å². The monoisotopic (exact) mass is 370 g/mol. The van der Waals surface area contributed by atoms with Gasteiger partial charge in [-0.3, -0.25) is 14.9 Å². The lowest BCUT2D eigenvalue weighted by molar-refractivity contribution is -0.384. The number of halogens is 1. The highest BCUT2D eigenvalue weighted by Gasteiger charge is 2.16. The molecule has 0 spiro atoms. The van der Waals surface area contributed by atoms with E-state index < -0.39 is 4.92 Å². The van der Waals surface area contributed by atoms with Crippen LogP contribution in [0.3, 0.4) is 0 Å². The number of nitrogens with zero attached hydrogens (tertiary/aromatic N) is 1. The van der Waals surface area contributed by atoms with Crippen molar-refractivity contribution >= 4 is 38.9 Å². The molecule has 8 heteroatoms. The van der Waals surface area contributed by atoms with Crippen molar-refractivity contribution in [2.75, 3.05) is 7.11 Å². The van der Waals surface area contributed by atoms with Crippen molar-refractivity contribution in [2.45, 2.75) is 6.54 Å². The minimum absolute atomic E-state index is 0.120. The van der Waals surface area contributed by atoms with E-state index in [4.69, 9.17) is 4.74 Å². The van der Waals surface area contributed by atoms with Gasteiger partial charge in [0.1, 0.15) is 5.75 Å². The fraction of sp³-hybridized carbons (Fsp3) is 0.154. The molecule has 1 heterocycles. The summed E-state index contributed by atoms with van der Waals surface area (Å²) in [6, 6.07) is 5.81. The van der Waals surface area contributed by atoms with Crippen molar-refractivity contribution in [3.05, 3.63) is 54.7 Å². The molecule has 0 radical (unpaired) electrons. The number of rotatable bonds is 5. The van der Waals surface area contributed by atoms with Crippen LogP contribution in [0.5, 0.6) is 5.75 Å². The summed E-state index contributed by atoms with van der Waals surface area (Å²) in [5, 5.41) is 15.4. The molecule has 0 saturated heterocycles. The molecule has 0 aliphatic carbocycles. The van der Waals surface area contributed by atoms with Gasteiger partial charge in [-0.25, -0.2) is 0 Å². The van der Waals surface area contributed by atoms with Crippen molar-refractivity contribution in [3.8, 4) is 5.75 Å². The van der Waals surface area contributed by atoms with Crippen molar-refractivity contribution in [1.29, 1.82) is 0 Å². The highest BCUT2D eigenvalue weighted by molar-refractivity contribution is 9.10. The summed E-state index contributed by atoms with van der Waals surface area (Å²) >= 11 is 4.86. The molecule has 2 aromatic rings. The molecule has 1 aromatic heterocycles. The summed E-state index contributed by atoms with van der Waals surface area (Å²) in [4.78, 5) is 23.3. The molecule has 0 aliphatic heterocycles. The summed E-state index contributed by atoms with van der Waals surface area (Å²) in [5.74, 6) is -0.166. The van der Waals surface area contributed by atoms with Gasteiger partial charge in [0.05, 0.1) is 30.2 Å². The normalized spacial score (nSPS) is 10.2. The molecule has 110 valence electrons. The van der Waals surface area contributed by atoms with Crippen LogP contribution in [0.25, 0.3) is 0 Å². The van der Waals surface area contributed by atoms with E-state index in [-0.39, 0.29) is 22.9 Å². The zero-order valence-corrected chi connectivity index (χ0v) is 13.4. The molecule has 0 atom stereocenters. The largest absolute Gasteiger partial charge is 0.496 e.